The SMILES string of the molecule is CCC(NS(=O)(=O)c1ccc(-c2sc(-c3nnc(CC(C)(C)C(=O)OC)o3)nc2CO)c(Cl)c1Cl)C(F)(F)F. The molecule has 0 aliphatic heterocycles. The second-order valence-corrected chi connectivity index (χ2v) is 12.3. The monoisotopic (exact) mass is 630 g/mol. The molecule has 0 saturated carbocycles. The summed E-state index contributed by atoms with van der Waals surface area (Å²) in [6.07, 6.45) is -5.26. The van der Waals surface area contributed by atoms with Gasteiger partial charge in [0.2, 0.25) is 15.9 Å². The molecule has 3 aromatic rings. The Hall–Kier alpha value is -2.30. The Labute approximate surface area is 235 Å². The van der Waals surface area contributed by atoms with Gasteiger partial charge < -0.3 is 14.3 Å². The van der Waals surface area contributed by atoms with Crippen LogP contribution in [0.5, 0.6) is 0 Å². The van der Waals surface area contributed by atoms with Crippen LogP contribution in [-0.4, -0.2) is 54.0 Å². The summed E-state index contributed by atoms with van der Waals surface area (Å²) in [5.74, 6) is -0.354. The van der Waals surface area contributed by atoms with E-state index in [-0.39, 0.29) is 44.4 Å². The average molecular weight is 631 g/mol. The summed E-state index contributed by atoms with van der Waals surface area (Å²) in [5, 5.41) is 17.1. The molecule has 2 aromatic heterocycles. The number of rotatable bonds is 10. The van der Waals surface area contributed by atoms with Crippen molar-refractivity contribution in [3.63, 3.8) is 0 Å². The average Bonchev–Trinajstić information content (AvgIpc) is 3.49. The maximum Gasteiger partial charge on any atom is 0.404 e. The smallest absolute Gasteiger partial charge is 0.404 e. The van der Waals surface area contributed by atoms with E-state index in [4.69, 9.17) is 32.4 Å². The van der Waals surface area contributed by atoms with E-state index in [2.05, 4.69) is 15.2 Å². The molecular formula is C22H23Cl2F3N4O6S2. The van der Waals surface area contributed by atoms with Gasteiger partial charge >= 0.3 is 12.1 Å². The highest BCUT2D eigenvalue weighted by molar-refractivity contribution is 7.89. The zero-order valence-electron chi connectivity index (χ0n) is 20.9. The number of esters is 1. The molecule has 0 aliphatic carbocycles. The number of aliphatic hydroxyl groups is 1. The maximum absolute atomic E-state index is 13.1. The number of aromatic nitrogens is 3. The Morgan fingerprint density at radius 2 is 1.90 bits per heavy atom. The van der Waals surface area contributed by atoms with E-state index in [0.717, 1.165) is 17.4 Å². The Morgan fingerprint density at radius 3 is 2.46 bits per heavy atom. The summed E-state index contributed by atoms with van der Waals surface area (Å²) in [7, 11) is -3.43. The zero-order valence-corrected chi connectivity index (χ0v) is 24.0. The summed E-state index contributed by atoms with van der Waals surface area (Å²) in [6.45, 7) is 3.92. The number of alkyl halides is 3. The molecule has 0 saturated heterocycles. The van der Waals surface area contributed by atoms with E-state index < -0.39 is 56.6 Å². The Kier molecular flexibility index (Phi) is 9.34. The normalized spacial score (nSPS) is 13.5. The van der Waals surface area contributed by atoms with Crippen molar-refractivity contribution in [2.45, 2.75) is 57.3 Å². The molecule has 17 heteroatoms. The van der Waals surface area contributed by atoms with Crippen molar-refractivity contribution in [2.24, 2.45) is 5.41 Å². The highest BCUT2D eigenvalue weighted by atomic mass is 35.5. The summed E-state index contributed by atoms with van der Waals surface area (Å²) < 4.78 is 76.8. The zero-order chi connectivity index (χ0) is 29.3. The summed E-state index contributed by atoms with van der Waals surface area (Å²) in [4.78, 5) is 15.9. The van der Waals surface area contributed by atoms with E-state index in [9.17, 15) is 31.5 Å². The van der Waals surface area contributed by atoms with Crippen molar-refractivity contribution in [1.29, 1.82) is 0 Å². The molecule has 0 spiro atoms. The highest BCUT2D eigenvalue weighted by Crippen LogP contribution is 2.43. The second-order valence-electron chi connectivity index (χ2n) is 8.87. The first-order valence-electron chi connectivity index (χ1n) is 11.1. The summed E-state index contributed by atoms with van der Waals surface area (Å²) >= 11 is 13.5. The number of carbonyl (C=O) groups is 1. The van der Waals surface area contributed by atoms with Crippen molar-refractivity contribution in [1.82, 2.24) is 19.9 Å². The number of sulfonamides is 1. The molecule has 10 nitrogen and oxygen atoms in total. The standard InChI is InChI=1S/C22H23Cl2F3N4O6S2/c1-5-13(22(25,26)27)31-39(34,35)12-7-6-10(15(23)16(12)24)17-11(9-32)28-19(38-17)18-30-29-14(37-18)8-21(2,3)20(33)36-4/h6-7,13,31-32H,5,8-9H2,1-4H3. The second kappa shape index (κ2) is 11.7. The lowest BCUT2D eigenvalue weighted by Gasteiger charge is -2.20. The summed E-state index contributed by atoms with van der Waals surface area (Å²) in [5.41, 5.74) is -0.649. The van der Waals surface area contributed by atoms with E-state index >= 15 is 0 Å². The van der Waals surface area contributed by atoms with Crippen LogP contribution in [-0.2, 0) is 32.6 Å². The first-order chi connectivity index (χ1) is 18.1. The van der Waals surface area contributed by atoms with Crippen LogP contribution in [0.15, 0.2) is 21.4 Å². The molecule has 1 unspecified atom stereocenters. The molecule has 0 amide bonds. The topological polar surface area (TPSA) is 145 Å². The number of ether oxygens (including phenoxy) is 1. The highest BCUT2D eigenvalue weighted by Gasteiger charge is 2.41. The molecule has 2 heterocycles. The van der Waals surface area contributed by atoms with Gasteiger partial charge in [-0.1, -0.05) is 36.2 Å². The molecule has 2 N–H and O–H groups in total. The largest absolute Gasteiger partial charge is 0.469 e. The molecule has 0 bridgehead atoms. The molecule has 0 fully saturated rings. The number of benzene rings is 1. The number of halogens is 5. The minimum Gasteiger partial charge on any atom is -0.469 e. The van der Waals surface area contributed by atoms with Crippen LogP contribution in [0.25, 0.3) is 21.3 Å². The van der Waals surface area contributed by atoms with Gasteiger partial charge in [-0.05, 0) is 26.3 Å². The van der Waals surface area contributed by atoms with Crippen molar-refractivity contribution >= 4 is 50.5 Å². The van der Waals surface area contributed by atoms with Crippen molar-refractivity contribution in [3.8, 4) is 21.3 Å². The van der Waals surface area contributed by atoms with Gasteiger partial charge in [-0.25, -0.2) is 13.4 Å². The van der Waals surface area contributed by atoms with Gasteiger partial charge in [0.15, 0.2) is 5.01 Å². The molecule has 0 aliphatic rings. The maximum atomic E-state index is 13.1. The van der Waals surface area contributed by atoms with Gasteiger partial charge in [-0.3, -0.25) is 4.79 Å². The van der Waals surface area contributed by atoms with Crippen molar-refractivity contribution in [3.05, 3.63) is 33.8 Å². The van der Waals surface area contributed by atoms with Crippen LogP contribution in [0.4, 0.5) is 13.2 Å². The van der Waals surface area contributed by atoms with Crippen LogP contribution in [0.1, 0.15) is 38.8 Å². The number of nitrogens with zero attached hydrogens (tertiary/aromatic N) is 3. The van der Waals surface area contributed by atoms with Gasteiger partial charge in [0, 0.05) is 12.0 Å². The quantitative estimate of drug-likeness (QED) is 0.295. The van der Waals surface area contributed by atoms with Crippen LogP contribution in [0, 0.1) is 5.41 Å². The summed E-state index contributed by atoms with van der Waals surface area (Å²) in [6, 6.07) is -0.0688. The molecule has 3 rings (SSSR count). The third-order valence-corrected chi connectivity index (χ3v) is 9.14. The molecular weight excluding hydrogens is 608 g/mol. The molecule has 1 aromatic carbocycles. The number of nitrogens with one attached hydrogen (secondary N) is 1. The minimum atomic E-state index is -4.81. The number of methoxy groups -OCH3 is 1. The van der Waals surface area contributed by atoms with Gasteiger partial charge in [-0.2, -0.15) is 17.9 Å². The van der Waals surface area contributed by atoms with Gasteiger partial charge in [0.25, 0.3) is 5.89 Å². The lowest BCUT2D eigenvalue weighted by atomic mass is 9.89. The first-order valence-corrected chi connectivity index (χ1v) is 14.2. The van der Waals surface area contributed by atoms with Gasteiger partial charge in [0.05, 0.1) is 39.7 Å². The molecule has 214 valence electrons. The fourth-order valence-corrected chi connectivity index (χ4v) is 6.70. The number of aliphatic hydroxyl groups excluding tert-OH is 1. The van der Waals surface area contributed by atoms with Gasteiger partial charge in [0.1, 0.15) is 10.9 Å². The predicted molar refractivity (Wildman–Crippen MR) is 137 cm³/mol. The third-order valence-electron chi connectivity index (χ3n) is 5.51. The van der Waals surface area contributed by atoms with Crippen molar-refractivity contribution in [2.75, 3.05) is 7.11 Å². The fourth-order valence-electron chi connectivity index (χ4n) is 3.45. The molecule has 0 radical (unpaired) electrons. The van der Waals surface area contributed by atoms with Gasteiger partial charge in [-0.15, -0.1) is 21.5 Å². The lowest BCUT2D eigenvalue weighted by Crippen LogP contribution is -2.44. The fraction of sp³-hybridized carbons (Fsp3) is 0.455. The Balaban J connectivity index is 1.97. The van der Waals surface area contributed by atoms with E-state index in [1.54, 1.807) is 18.6 Å². The van der Waals surface area contributed by atoms with E-state index in [0.29, 0.717) is 0 Å². The van der Waals surface area contributed by atoms with E-state index in [1.807, 2.05) is 0 Å². The number of hydrogen-bond acceptors (Lipinski definition) is 10. The Morgan fingerprint density at radius 1 is 1.23 bits per heavy atom. The minimum absolute atomic E-state index is 0.0139. The van der Waals surface area contributed by atoms with Crippen LogP contribution < -0.4 is 4.72 Å². The van der Waals surface area contributed by atoms with Crippen LogP contribution >= 0.6 is 34.5 Å². The van der Waals surface area contributed by atoms with Crippen LogP contribution in [0.2, 0.25) is 10.0 Å². The van der Waals surface area contributed by atoms with Crippen LogP contribution in [0.3, 0.4) is 0 Å². The number of thiazole rings is 1. The lowest BCUT2D eigenvalue weighted by molar-refractivity contribution is -0.152. The third kappa shape index (κ3) is 6.72. The number of hydrogen-bond donors (Lipinski definition) is 2. The number of carbonyl (C=O) groups excluding carboxylic acids is 1. The first kappa shape index (κ1) is 31.2. The van der Waals surface area contributed by atoms with E-state index in [1.165, 1.54) is 20.1 Å². The predicted octanol–water partition coefficient (Wildman–Crippen LogP) is 5.02. The van der Waals surface area contributed by atoms with Crippen molar-refractivity contribution < 1.29 is 40.6 Å². The molecule has 1 atom stereocenters. The Bertz CT molecular complexity index is 1470. The molecule has 39 heavy (non-hydrogen) atoms.